The predicted molar refractivity (Wildman–Crippen MR) is 67.0 cm³/mol. The molecule has 18 heavy (non-hydrogen) atoms. The van der Waals surface area contributed by atoms with Crippen LogP contribution in [-0.2, 0) is 0 Å². The minimum absolute atomic E-state index is 0.0327. The zero-order valence-corrected chi connectivity index (χ0v) is 11.1. The first kappa shape index (κ1) is 15.1. The van der Waals surface area contributed by atoms with E-state index < -0.39 is 12.6 Å². The van der Waals surface area contributed by atoms with Crippen molar-refractivity contribution in [3.63, 3.8) is 0 Å². The topological polar surface area (TPSA) is 24.9 Å². The van der Waals surface area contributed by atoms with Gasteiger partial charge in [-0.2, -0.15) is 13.2 Å². The lowest BCUT2D eigenvalue weighted by molar-refractivity contribution is -0.135. The van der Waals surface area contributed by atoms with Gasteiger partial charge in [-0.15, -0.1) is 0 Å². The maximum absolute atomic E-state index is 12.0. The highest BCUT2D eigenvalue weighted by atomic mass is 35.5. The lowest BCUT2D eigenvalue weighted by atomic mass is 10.1. The van der Waals surface area contributed by atoms with Gasteiger partial charge in [-0.1, -0.05) is 11.6 Å². The van der Waals surface area contributed by atoms with Crippen molar-refractivity contribution in [1.82, 2.24) is 4.98 Å². The Labute approximate surface area is 110 Å². The Bertz CT molecular complexity index is 393. The number of rotatable bonds is 5. The van der Waals surface area contributed by atoms with Gasteiger partial charge >= 0.3 is 6.18 Å². The smallest absolute Gasteiger partial charge is 0.381 e. The maximum atomic E-state index is 12.0. The van der Waals surface area contributed by atoms with Crippen molar-refractivity contribution in [1.29, 1.82) is 0 Å². The van der Waals surface area contributed by atoms with E-state index in [1.165, 1.54) is 0 Å². The van der Waals surface area contributed by atoms with Gasteiger partial charge in [-0.3, -0.25) is 0 Å². The van der Waals surface area contributed by atoms with Crippen molar-refractivity contribution in [2.45, 2.75) is 45.3 Å². The van der Waals surface area contributed by atoms with Crippen LogP contribution in [0.15, 0.2) is 12.3 Å². The van der Waals surface area contributed by atoms with Crippen LogP contribution in [0, 0.1) is 6.92 Å². The van der Waals surface area contributed by atoms with Crippen LogP contribution in [0.2, 0.25) is 5.15 Å². The fraction of sp³-hybridized carbons (Fsp3) is 0.583. The van der Waals surface area contributed by atoms with Crippen LogP contribution >= 0.6 is 11.6 Å². The number of aromatic nitrogens is 1. The lowest BCUT2D eigenvalue weighted by Gasteiger charge is -2.16. The summed E-state index contributed by atoms with van der Waals surface area (Å²) in [6.45, 7) is 3.68. The molecule has 1 heterocycles. The van der Waals surface area contributed by atoms with E-state index in [9.17, 15) is 13.2 Å². The molecule has 102 valence electrons. The van der Waals surface area contributed by atoms with Gasteiger partial charge in [-0.25, -0.2) is 4.98 Å². The van der Waals surface area contributed by atoms with E-state index in [1.54, 1.807) is 6.20 Å². The van der Waals surface area contributed by atoms with Crippen LogP contribution in [-0.4, -0.2) is 17.2 Å². The average molecular weight is 281 g/mol. The van der Waals surface area contributed by atoms with Crippen molar-refractivity contribution in [2.24, 2.45) is 0 Å². The van der Waals surface area contributed by atoms with Crippen LogP contribution < -0.4 is 5.32 Å². The van der Waals surface area contributed by atoms with E-state index in [2.05, 4.69) is 10.3 Å². The van der Waals surface area contributed by atoms with Gasteiger partial charge in [0.1, 0.15) is 5.15 Å². The van der Waals surface area contributed by atoms with E-state index in [0.717, 1.165) is 11.3 Å². The third-order valence-electron chi connectivity index (χ3n) is 2.52. The van der Waals surface area contributed by atoms with Gasteiger partial charge in [0.05, 0.1) is 11.9 Å². The van der Waals surface area contributed by atoms with E-state index in [4.69, 9.17) is 11.6 Å². The van der Waals surface area contributed by atoms with Gasteiger partial charge in [-0.05, 0) is 38.3 Å². The summed E-state index contributed by atoms with van der Waals surface area (Å²) in [5.41, 5.74) is 1.61. The highest BCUT2D eigenvalue weighted by Crippen LogP contribution is 2.23. The van der Waals surface area contributed by atoms with E-state index in [0.29, 0.717) is 11.6 Å². The summed E-state index contributed by atoms with van der Waals surface area (Å²) in [5.74, 6) is 0. The molecule has 2 nitrogen and oxygen atoms in total. The summed E-state index contributed by atoms with van der Waals surface area (Å²) < 4.78 is 36.0. The molecule has 0 amide bonds. The number of nitrogens with zero attached hydrogens (tertiary/aromatic N) is 1. The Balaban J connectivity index is 2.40. The molecule has 0 bridgehead atoms. The zero-order chi connectivity index (χ0) is 13.8. The Morgan fingerprint density at radius 2 is 2.11 bits per heavy atom. The SMILES string of the molecule is Cc1cc(NC(C)CCCC(F)(F)F)cnc1Cl. The normalized spacial score (nSPS) is 13.4. The number of hydrogen-bond donors (Lipinski definition) is 1. The summed E-state index contributed by atoms with van der Waals surface area (Å²) in [6.07, 6.45) is -2.65. The van der Waals surface area contributed by atoms with Crippen LogP contribution in [0.5, 0.6) is 0 Å². The van der Waals surface area contributed by atoms with Crippen LogP contribution in [0.3, 0.4) is 0 Å². The van der Waals surface area contributed by atoms with Gasteiger partial charge in [0, 0.05) is 12.5 Å². The van der Waals surface area contributed by atoms with Gasteiger partial charge in [0.15, 0.2) is 0 Å². The number of pyridine rings is 1. The summed E-state index contributed by atoms with van der Waals surface area (Å²) in [5, 5.41) is 3.54. The van der Waals surface area contributed by atoms with E-state index in [-0.39, 0.29) is 12.5 Å². The molecule has 1 atom stereocenters. The molecule has 0 aliphatic carbocycles. The molecular weight excluding hydrogens is 265 g/mol. The second kappa shape index (κ2) is 6.27. The van der Waals surface area contributed by atoms with Crippen molar-refractivity contribution < 1.29 is 13.2 Å². The lowest BCUT2D eigenvalue weighted by Crippen LogP contribution is -2.17. The Hall–Kier alpha value is -0.970. The van der Waals surface area contributed by atoms with Gasteiger partial charge < -0.3 is 5.32 Å². The average Bonchev–Trinajstić information content (AvgIpc) is 2.21. The predicted octanol–water partition coefficient (Wildman–Crippen LogP) is 4.58. The van der Waals surface area contributed by atoms with Crippen LogP contribution in [0.25, 0.3) is 0 Å². The second-order valence-corrected chi connectivity index (χ2v) is 4.74. The Morgan fingerprint density at radius 3 is 2.67 bits per heavy atom. The fourth-order valence-electron chi connectivity index (χ4n) is 1.60. The standard InChI is InChI=1S/C12H16ClF3N2/c1-8-6-10(7-17-11(8)13)18-9(2)4-3-5-12(14,15)16/h6-7,9,18H,3-5H2,1-2H3. The minimum atomic E-state index is -4.07. The first-order valence-electron chi connectivity index (χ1n) is 5.73. The van der Waals surface area contributed by atoms with Crippen LogP contribution in [0.4, 0.5) is 18.9 Å². The Kier molecular flexibility index (Phi) is 5.26. The molecule has 0 fully saturated rings. The molecule has 0 aromatic carbocycles. The second-order valence-electron chi connectivity index (χ2n) is 4.38. The molecule has 0 spiro atoms. The Morgan fingerprint density at radius 1 is 1.44 bits per heavy atom. The van der Waals surface area contributed by atoms with Gasteiger partial charge in [0.25, 0.3) is 0 Å². The summed E-state index contributed by atoms with van der Waals surface area (Å²) in [4.78, 5) is 3.97. The molecule has 6 heteroatoms. The van der Waals surface area contributed by atoms with Crippen molar-refractivity contribution >= 4 is 17.3 Å². The minimum Gasteiger partial charge on any atom is -0.381 e. The molecule has 0 saturated carbocycles. The highest BCUT2D eigenvalue weighted by Gasteiger charge is 2.26. The summed E-state index contributed by atoms with van der Waals surface area (Å²) >= 11 is 5.79. The number of anilines is 1. The maximum Gasteiger partial charge on any atom is 0.389 e. The summed E-state index contributed by atoms with van der Waals surface area (Å²) in [6, 6.07) is 1.80. The molecule has 0 aliphatic heterocycles. The molecule has 1 aromatic rings. The molecule has 0 aliphatic rings. The molecular formula is C12H16ClF3N2. The molecule has 1 aromatic heterocycles. The van der Waals surface area contributed by atoms with Crippen molar-refractivity contribution in [3.8, 4) is 0 Å². The molecule has 0 saturated heterocycles. The third kappa shape index (κ3) is 5.58. The molecule has 0 radical (unpaired) electrons. The number of halogens is 4. The highest BCUT2D eigenvalue weighted by molar-refractivity contribution is 6.30. The van der Waals surface area contributed by atoms with E-state index >= 15 is 0 Å². The number of hydrogen-bond acceptors (Lipinski definition) is 2. The molecule has 1 unspecified atom stereocenters. The number of aryl methyl sites for hydroxylation is 1. The monoisotopic (exact) mass is 280 g/mol. The van der Waals surface area contributed by atoms with Crippen molar-refractivity contribution in [3.05, 3.63) is 23.0 Å². The molecule has 1 N–H and O–H groups in total. The number of nitrogens with one attached hydrogen (secondary N) is 1. The largest absolute Gasteiger partial charge is 0.389 e. The van der Waals surface area contributed by atoms with Crippen LogP contribution in [0.1, 0.15) is 31.7 Å². The van der Waals surface area contributed by atoms with E-state index in [1.807, 2.05) is 19.9 Å². The van der Waals surface area contributed by atoms with Gasteiger partial charge in [0.2, 0.25) is 0 Å². The summed E-state index contributed by atoms with van der Waals surface area (Å²) in [7, 11) is 0. The fourth-order valence-corrected chi connectivity index (χ4v) is 1.71. The number of alkyl halides is 3. The first-order chi connectivity index (χ1) is 8.28. The quantitative estimate of drug-likeness (QED) is 0.799. The zero-order valence-electron chi connectivity index (χ0n) is 10.3. The first-order valence-corrected chi connectivity index (χ1v) is 6.11. The molecule has 1 rings (SSSR count). The third-order valence-corrected chi connectivity index (χ3v) is 2.92. The van der Waals surface area contributed by atoms with Crippen molar-refractivity contribution in [2.75, 3.05) is 5.32 Å².